The second-order valence-electron chi connectivity index (χ2n) is 6.92. The maximum Gasteiger partial charge on any atom is 0.312 e. The molecule has 1 fully saturated rings. The van der Waals surface area contributed by atoms with Crippen LogP contribution in [0.2, 0.25) is 0 Å². The molecule has 0 aromatic heterocycles. The second kappa shape index (κ2) is 6.88. The number of nitrogens with one attached hydrogen (secondary N) is 1. The minimum absolute atomic E-state index is 0.0890. The molecule has 2 aliphatic rings. The monoisotopic (exact) mass is 380 g/mol. The van der Waals surface area contributed by atoms with E-state index in [0.717, 1.165) is 11.1 Å². The van der Waals surface area contributed by atoms with Crippen LogP contribution in [0.5, 0.6) is 5.75 Å². The first-order valence-electron chi connectivity index (χ1n) is 9.00. The van der Waals surface area contributed by atoms with Crippen LogP contribution in [0, 0.1) is 0 Å². The molecule has 4 amide bonds. The number of hydrogen-bond acceptors (Lipinski definition) is 4. The van der Waals surface area contributed by atoms with Gasteiger partial charge in [-0.25, -0.2) is 4.79 Å². The lowest BCUT2D eigenvalue weighted by Gasteiger charge is -2.29. The fourth-order valence-electron chi connectivity index (χ4n) is 3.92. The summed E-state index contributed by atoms with van der Waals surface area (Å²) in [5.41, 5.74) is 7.45. The zero-order valence-electron chi connectivity index (χ0n) is 15.0. The number of aromatic hydroxyl groups is 1. The smallest absolute Gasteiger partial charge is 0.312 e. The number of carbonyl (C=O) groups is 3. The molecule has 0 bridgehead atoms. The highest BCUT2D eigenvalue weighted by Gasteiger charge is 2.47. The van der Waals surface area contributed by atoms with Gasteiger partial charge in [0.05, 0.1) is 0 Å². The standard InChI is InChI=1S/C20H20N4O4/c21-20(28)22-16(11-12-5-7-13(25)8-6-12)19(27)24-10-9-23-17(24)14-3-1-2-4-15(14)18(23)26/h1-8,16-17,25H,9-11H2,(H3,21,22,28)/t16-,17?/m0/s1. The lowest BCUT2D eigenvalue weighted by molar-refractivity contribution is -0.135. The van der Waals surface area contributed by atoms with Gasteiger partial charge >= 0.3 is 6.03 Å². The van der Waals surface area contributed by atoms with E-state index in [1.165, 1.54) is 12.1 Å². The van der Waals surface area contributed by atoms with Crippen molar-refractivity contribution >= 4 is 17.8 Å². The van der Waals surface area contributed by atoms with Crippen LogP contribution >= 0.6 is 0 Å². The number of hydrogen-bond donors (Lipinski definition) is 3. The number of phenols is 1. The Hall–Kier alpha value is -3.55. The highest BCUT2D eigenvalue weighted by molar-refractivity contribution is 6.00. The number of urea groups is 1. The topological polar surface area (TPSA) is 116 Å². The van der Waals surface area contributed by atoms with E-state index in [-0.39, 0.29) is 24.0 Å². The Morgan fingerprint density at radius 1 is 1.14 bits per heavy atom. The normalized spacial score (nSPS) is 18.6. The molecule has 1 saturated heterocycles. The van der Waals surface area contributed by atoms with E-state index in [4.69, 9.17) is 5.73 Å². The first-order valence-corrected chi connectivity index (χ1v) is 9.00. The zero-order chi connectivity index (χ0) is 19.8. The van der Waals surface area contributed by atoms with E-state index in [1.807, 2.05) is 12.1 Å². The maximum absolute atomic E-state index is 13.3. The fourth-order valence-corrected chi connectivity index (χ4v) is 3.92. The molecule has 2 aromatic carbocycles. The van der Waals surface area contributed by atoms with Gasteiger partial charge in [0.1, 0.15) is 18.0 Å². The van der Waals surface area contributed by atoms with Crippen LogP contribution in [0.15, 0.2) is 48.5 Å². The Labute approximate surface area is 161 Å². The first kappa shape index (κ1) is 17.8. The van der Waals surface area contributed by atoms with Gasteiger partial charge in [0.15, 0.2) is 0 Å². The molecule has 0 saturated carbocycles. The van der Waals surface area contributed by atoms with Crippen molar-refractivity contribution in [3.05, 3.63) is 65.2 Å². The van der Waals surface area contributed by atoms with Gasteiger partial charge in [-0.3, -0.25) is 9.59 Å². The Balaban J connectivity index is 1.61. The number of benzene rings is 2. The SMILES string of the molecule is NC(=O)N[C@@H](Cc1ccc(O)cc1)C(=O)N1CCN2C(=O)c3ccccc3C21. The van der Waals surface area contributed by atoms with Crippen LogP contribution in [-0.2, 0) is 11.2 Å². The van der Waals surface area contributed by atoms with Crippen LogP contribution < -0.4 is 11.1 Å². The molecule has 0 spiro atoms. The lowest BCUT2D eigenvalue weighted by Crippen LogP contribution is -2.51. The molecule has 0 aliphatic carbocycles. The summed E-state index contributed by atoms with van der Waals surface area (Å²) in [6, 6.07) is 12.0. The van der Waals surface area contributed by atoms with Gasteiger partial charge in [-0.05, 0) is 23.8 Å². The molecule has 2 atom stereocenters. The number of carbonyl (C=O) groups excluding carboxylic acids is 3. The van der Waals surface area contributed by atoms with Gasteiger partial charge < -0.3 is 26.0 Å². The van der Waals surface area contributed by atoms with Crippen LogP contribution in [0.25, 0.3) is 0 Å². The number of rotatable bonds is 4. The number of fused-ring (bicyclic) bond motifs is 3. The van der Waals surface area contributed by atoms with E-state index in [9.17, 15) is 19.5 Å². The largest absolute Gasteiger partial charge is 0.508 e. The predicted octanol–water partition coefficient (Wildman–Crippen LogP) is 0.968. The van der Waals surface area contributed by atoms with E-state index in [2.05, 4.69) is 5.32 Å². The Morgan fingerprint density at radius 3 is 2.57 bits per heavy atom. The number of primary amides is 1. The lowest BCUT2D eigenvalue weighted by atomic mass is 10.0. The third-order valence-electron chi connectivity index (χ3n) is 5.18. The van der Waals surface area contributed by atoms with Gasteiger partial charge in [-0.2, -0.15) is 0 Å². The molecular weight excluding hydrogens is 360 g/mol. The molecule has 1 unspecified atom stereocenters. The summed E-state index contributed by atoms with van der Waals surface area (Å²) < 4.78 is 0. The van der Waals surface area contributed by atoms with Crippen LogP contribution in [0.4, 0.5) is 4.79 Å². The van der Waals surface area contributed by atoms with Crippen molar-refractivity contribution in [1.82, 2.24) is 15.1 Å². The van der Waals surface area contributed by atoms with Crippen LogP contribution in [0.3, 0.4) is 0 Å². The summed E-state index contributed by atoms with van der Waals surface area (Å²) in [5, 5.41) is 12.0. The van der Waals surface area contributed by atoms with Gasteiger partial charge in [-0.1, -0.05) is 30.3 Å². The molecule has 0 radical (unpaired) electrons. The Kier molecular flexibility index (Phi) is 4.38. The van der Waals surface area contributed by atoms with E-state index in [1.54, 1.807) is 34.1 Å². The molecule has 8 heteroatoms. The summed E-state index contributed by atoms with van der Waals surface area (Å²) >= 11 is 0. The summed E-state index contributed by atoms with van der Waals surface area (Å²) in [6.07, 6.45) is -0.242. The van der Waals surface area contributed by atoms with E-state index >= 15 is 0 Å². The molecule has 4 rings (SSSR count). The highest BCUT2D eigenvalue weighted by atomic mass is 16.3. The van der Waals surface area contributed by atoms with Crippen molar-refractivity contribution in [3.63, 3.8) is 0 Å². The third-order valence-corrected chi connectivity index (χ3v) is 5.18. The van der Waals surface area contributed by atoms with Crippen molar-refractivity contribution < 1.29 is 19.5 Å². The Bertz CT molecular complexity index is 943. The fraction of sp³-hybridized carbons (Fsp3) is 0.250. The molecule has 2 aliphatic heterocycles. The Morgan fingerprint density at radius 2 is 1.86 bits per heavy atom. The number of phenolic OH excluding ortho intramolecular Hbond substituents is 1. The quantitative estimate of drug-likeness (QED) is 0.733. The average molecular weight is 380 g/mol. The number of nitrogens with zero attached hydrogens (tertiary/aromatic N) is 2. The van der Waals surface area contributed by atoms with E-state index in [0.29, 0.717) is 18.7 Å². The highest BCUT2D eigenvalue weighted by Crippen LogP contribution is 2.39. The molecule has 2 aromatic rings. The molecule has 28 heavy (non-hydrogen) atoms. The van der Waals surface area contributed by atoms with Crippen LogP contribution in [0.1, 0.15) is 27.7 Å². The summed E-state index contributed by atoms with van der Waals surface area (Å²) in [4.78, 5) is 40.6. The van der Waals surface area contributed by atoms with Gasteiger partial charge in [-0.15, -0.1) is 0 Å². The summed E-state index contributed by atoms with van der Waals surface area (Å²) in [5.74, 6) is -0.275. The first-order chi connectivity index (χ1) is 13.5. The average Bonchev–Trinajstić information content (AvgIpc) is 3.23. The van der Waals surface area contributed by atoms with Gasteiger partial charge in [0, 0.05) is 30.6 Å². The molecule has 4 N–H and O–H groups in total. The van der Waals surface area contributed by atoms with Crippen molar-refractivity contribution in [2.45, 2.75) is 18.6 Å². The molecule has 2 heterocycles. The maximum atomic E-state index is 13.3. The third kappa shape index (κ3) is 3.02. The minimum atomic E-state index is -0.871. The zero-order valence-corrected chi connectivity index (χ0v) is 15.0. The van der Waals surface area contributed by atoms with Crippen molar-refractivity contribution in [2.24, 2.45) is 5.73 Å². The van der Waals surface area contributed by atoms with Crippen molar-refractivity contribution in [2.75, 3.05) is 13.1 Å². The minimum Gasteiger partial charge on any atom is -0.508 e. The molecule has 144 valence electrons. The van der Waals surface area contributed by atoms with Crippen molar-refractivity contribution in [3.8, 4) is 5.75 Å². The second-order valence-corrected chi connectivity index (χ2v) is 6.92. The predicted molar refractivity (Wildman–Crippen MR) is 100 cm³/mol. The summed E-state index contributed by atoms with van der Waals surface area (Å²) in [6.45, 7) is 0.822. The van der Waals surface area contributed by atoms with E-state index < -0.39 is 18.2 Å². The van der Waals surface area contributed by atoms with Crippen LogP contribution in [-0.4, -0.2) is 51.9 Å². The number of amides is 4. The van der Waals surface area contributed by atoms with Gasteiger partial charge in [0.25, 0.3) is 5.91 Å². The number of nitrogens with two attached hydrogens (primary N) is 1. The summed E-state index contributed by atoms with van der Waals surface area (Å²) in [7, 11) is 0. The molecule has 8 nitrogen and oxygen atoms in total. The van der Waals surface area contributed by atoms with Gasteiger partial charge in [0.2, 0.25) is 5.91 Å². The molecular formula is C20H20N4O4. The van der Waals surface area contributed by atoms with Crippen molar-refractivity contribution in [1.29, 1.82) is 0 Å².